The smallest absolute Gasteiger partial charge is 0.245 e. The number of para-hydroxylation sites is 1. The Morgan fingerprint density at radius 3 is 2.44 bits per heavy atom. The second kappa shape index (κ2) is 6.21. The highest BCUT2D eigenvalue weighted by atomic mass is 127. The van der Waals surface area contributed by atoms with Crippen molar-refractivity contribution in [3.05, 3.63) is 27.8 Å². The number of anilines is 1. The summed E-state index contributed by atoms with van der Waals surface area (Å²) in [7, 11) is -3.56. The highest BCUT2D eigenvalue weighted by molar-refractivity contribution is 14.1. The zero-order valence-electron chi connectivity index (χ0n) is 9.93. The van der Waals surface area contributed by atoms with Crippen LogP contribution in [0, 0.1) is 3.57 Å². The molecule has 0 radical (unpaired) electrons. The molecular weight excluding hydrogens is 389 g/mol. The first-order chi connectivity index (χ1) is 8.31. The number of hydrogen-bond donors (Lipinski definition) is 0. The lowest BCUT2D eigenvalue weighted by atomic mass is 10.3. The van der Waals surface area contributed by atoms with Gasteiger partial charge in [0.15, 0.2) is 0 Å². The van der Waals surface area contributed by atoms with Crippen LogP contribution in [0.3, 0.4) is 0 Å². The fourth-order valence-corrected chi connectivity index (χ4v) is 3.74. The average molecular weight is 402 g/mol. The first-order valence-corrected chi connectivity index (χ1v) is 8.33. The lowest BCUT2D eigenvalue weighted by Crippen LogP contribution is -2.43. The molecular formula is C11H13ClINO3S. The molecule has 0 aromatic heterocycles. The van der Waals surface area contributed by atoms with Gasteiger partial charge in [-0.3, -0.25) is 9.10 Å². The van der Waals surface area contributed by atoms with Gasteiger partial charge in [-0.25, -0.2) is 8.42 Å². The largest absolute Gasteiger partial charge is 0.279 e. The first-order valence-electron chi connectivity index (χ1n) is 5.27. The van der Waals surface area contributed by atoms with Gasteiger partial charge in [0.05, 0.1) is 11.4 Å². The fraction of sp³-hybridized carbons (Fsp3) is 0.364. The van der Waals surface area contributed by atoms with E-state index in [0.29, 0.717) is 5.69 Å². The van der Waals surface area contributed by atoms with Gasteiger partial charge in [-0.05, 0) is 60.2 Å². The van der Waals surface area contributed by atoms with E-state index in [2.05, 4.69) is 0 Å². The normalized spacial score (nSPS) is 13.1. The van der Waals surface area contributed by atoms with E-state index in [-0.39, 0.29) is 5.75 Å². The van der Waals surface area contributed by atoms with Gasteiger partial charge in [0, 0.05) is 3.57 Å². The van der Waals surface area contributed by atoms with E-state index in [4.69, 9.17) is 11.6 Å². The van der Waals surface area contributed by atoms with Gasteiger partial charge in [0.25, 0.3) is 0 Å². The van der Waals surface area contributed by atoms with Crippen LogP contribution in [0.25, 0.3) is 0 Å². The maximum Gasteiger partial charge on any atom is 0.245 e. The molecule has 7 heteroatoms. The molecule has 1 aromatic carbocycles. The number of benzene rings is 1. The molecule has 0 saturated carbocycles. The number of halogens is 2. The standard InChI is InChI=1S/C11H13ClINO3S/c1-3-18(16,17)14(8(2)11(12)15)10-7-5-4-6-9(10)13/h4-8H,3H2,1-2H3. The Morgan fingerprint density at radius 2 is 2.00 bits per heavy atom. The molecule has 4 nitrogen and oxygen atoms in total. The minimum Gasteiger partial charge on any atom is -0.279 e. The number of sulfonamides is 1. The van der Waals surface area contributed by atoms with E-state index in [1.165, 1.54) is 13.8 Å². The van der Waals surface area contributed by atoms with Crippen LogP contribution in [0.4, 0.5) is 5.69 Å². The molecule has 1 atom stereocenters. The zero-order chi connectivity index (χ0) is 13.9. The predicted octanol–water partition coefficient (Wildman–Crippen LogP) is 2.60. The summed E-state index contributed by atoms with van der Waals surface area (Å²) in [5.74, 6) is -0.0908. The maximum absolute atomic E-state index is 12.1. The lowest BCUT2D eigenvalue weighted by molar-refractivity contribution is -0.112. The highest BCUT2D eigenvalue weighted by Crippen LogP contribution is 2.27. The molecule has 0 saturated heterocycles. The summed E-state index contributed by atoms with van der Waals surface area (Å²) in [4.78, 5) is 11.3. The summed E-state index contributed by atoms with van der Waals surface area (Å²) in [6, 6.07) is 6.04. The van der Waals surface area contributed by atoms with Gasteiger partial charge in [-0.15, -0.1) is 0 Å². The molecule has 0 spiro atoms. The predicted molar refractivity (Wildman–Crippen MR) is 81.4 cm³/mol. The molecule has 0 amide bonds. The summed E-state index contributed by atoms with van der Waals surface area (Å²) in [6.45, 7) is 3.01. The second-order valence-electron chi connectivity index (χ2n) is 3.63. The first kappa shape index (κ1) is 15.7. The van der Waals surface area contributed by atoms with Gasteiger partial charge in [-0.1, -0.05) is 12.1 Å². The van der Waals surface area contributed by atoms with Crippen molar-refractivity contribution in [2.45, 2.75) is 19.9 Å². The van der Waals surface area contributed by atoms with Crippen LogP contribution in [-0.4, -0.2) is 25.5 Å². The van der Waals surface area contributed by atoms with Crippen molar-refractivity contribution >= 4 is 55.1 Å². The van der Waals surface area contributed by atoms with E-state index in [1.807, 2.05) is 22.6 Å². The second-order valence-corrected chi connectivity index (χ2v) is 7.30. The molecule has 0 aliphatic carbocycles. The minimum absolute atomic E-state index is 0.0908. The Hall–Kier alpha value is -0.340. The Morgan fingerprint density at radius 1 is 1.44 bits per heavy atom. The molecule has 0 aliphatic heterocycles. The highest BCUT2D eigenvalue weighted by Gasteiger charge is 2.30. The zero-order valence-corrected chi connectivity index (χ0v) is 13.7. The van der Waals surface area contributed by atoms with Crippen molar-refractivity contribution in [3.63, 3.8) is 0 Å². The molecule has 1 rings (SSSR count). The Labute approximate surface area is 126 Å². The van der Waals surface area contributed by atoms with Crippen molar-refractivity contribution in [2.75, 3.05) is 10.1 Å². The van der Waals surface area contributed by atoms with Crippen molar-refractivity contribution in [1.29, 1.82) is 0 Å². The summed E-state index contributed by atoms with van der Waals surface area (Å²) in [5.41, 5.74) is 0.474. The third kappa shape index (κ3) is 3.36. The number of rotatable bonds is 5. The topological polar surface area (TPSA) is 54.5 Å². The van der Waals surface area contributed by atoms with Crippen LogP contribution in [-0.2, 0) is 14.8 Å². The van der Waals surface area contributed by atoms with E-state index in [1.54, 1.807) is 24.3 Å². The van der Waals surface area contributed by atoms with Crippen molar-refractivity contribution < 1.29 is 13.2 Å². The maximum atomic E-state index is 12.1. The third-order valence-corrected chi connectivity index (χ3v) is 5.50. The Bertz CT molecular complexity index is 547. The summed E-state index contributed by atoms with van der Waals surface area (Å²) in [6.07, 6.45) is 0. The quantitative estimate of drug-likeness (QED) is 0.563. The van der Waals surface area contributed by atoms with Gasteiger partial charge < -0.3 is 0 Å². The van der Waals surface area contributed by atoms with Crippen molar-refractivity contribution in [1.82, 2.24) is 0 Å². The summed E-state index contributed by atoms with van der Waals surface area (Å²) < 4.78 is 26.1. The molecule has 1 unspecified atom stereocenters. The number of carbonyl (C=O) groups is 1. The SMILES string of the molecule is CCS(=O)(=O)N(c1ccccc1I)C(C)C(=O)Cl. The fourth-order valence-electron chi connectivity index (χ4n) is 1.46. The van der Waals surface area contributed by atoms with Crippen LogP contribution in [0.5, 0.6) is 0 Å². The third-order valence-electron chi connectivity index (χ3n) is 2.43. The molecule has 18 heavy (non-hydrogen) atoms. The van der Waals surface area contributed by atoms with Crippen LogP contribution < -0.4 is 4.31 Å². The molecule has 100 valence electrons. The number of nitrogens with zero attached hydrogens (tertiary/aromatic N) is 1. The van der Waals surface area contributed by atoms with Gasteiger partial charge >= 0.3 is 0 Å². The monoisotopic (exact) mass is 401 g/mol. The van der Waals surface area contributed by atoms with Crippen LogP contribution in [0.15, 0.2) is 24.3 Å². The van der Waals surface area contributed by atoms with E-state index in [0.717, 1.165) is 7.88 Å². The van der Waals surface area contributed by atoms with Crippen LogP contribution in [0.1, 0.15) is 13.8 Å². The average Bonchev–Trinajstić information content (AvgIpc) is 2.31. The lowest BCUT2D eigenvalue weighted by Gasteiger charge is -2.28. The van der Waals surface area contributed by atoms with Crippen LogP contribution in [0.2, 0.25) is 0 Å². The summed E-state index contributed by atoms with van der Waals surface area (Å²) >= 11 is 7.47. The Balaban J connectivity index is 3.40. The van der Waals surface area contributed by atoms with Gasteiger partial charge in [0.2, 0.25) is 15.3 Å². The van der Waals surface area contributed by atoms with E-state index in [9.17, 15) is 13.2 Å². The van der Waals surface area contributed by atoms with Gasteiger partial charge in [0.1, 0.15) is 6.04 Å². The molecule has 0 fully saturated rings. The molecule has 0 bridgehead atoms. The number of carbonyl (C=O) groups excluding carboxylic acids is 1. The molecule has 0 aliphatic rings. The number of hydrogen-bond acceptors (Lipinski definition) is 3. The molecule has 1 aromatic rings. The molecule has 0 N–H and O–H groups in total. The van der Waals surface area contributed by atoms with E-state index < -0.39 is 21.3 Å². The summed E-state index contributed by atoms with van der Waals surface area (Å²) in [5, 5.41) is -0.702. The van der Waals surface area contributed by atoms with Crippen LogP contribution >= 0.6 is 34.2 Å². The Kier molecular flexibility index (Phi) is 5.42. The molecule has 0 heterocycles. The van der Waals surface area contributed by atoms with Crippen molar-refractivity contribution in [3.8, 4) is 0 Å². The minimum atomic E-state index is -3.56. The van der Waals surface area contributed by atoms with Crippen molar-refractivity contribution in [2.24, 2.45) is 0 Å². The van der Waals surface area contributed by atoms with E-state index >= 15 is 0 Å². The van der Waals surface area contributed by atoms with Gasteiger partial charge in [-0.2, -0.15) is 0 Å².